The lowest BCUT2D eigenvalue weighted by Gasteiger charge is -2.08. The number of carbonyl (C=O) groups excluding carboxylic acids is 1. The zero-order chi connectivity index (χ0) is 16.9. The van der Waals surface area contributed by atoms with Crippen molar-refractivity contribution in [1.82, 2.24) is 10.3 Å². The minimum atomic E-state index is -0.304. The number of nitrogens with one attached hydrogen (secondary N) is 1. The maximum absolute atomic E-state index is 12.9. The number of hydrogen-bond acceptors (Lipinski definition) is 2. The van der Waals surface area contributed by atoms with Gasteiger partial charge in [0.1, 0.15) is 5.82 Å². The van der Waals surface area contributed by atoms with Crippen LogP contribution in [0.1, 0.15) is 15.9 Å². The quantitative estimate of drug-likeness (QED) is 0.761. The van der Waals surface area contributed by atoms with E-state index >= 15 is 0 Å². The lowest BCUT2D eigenvalue weighted by atomic mass is 10.1. The minimum Gasteiger partial charge on any atom is -0.348 e. The van der Waals surface area contributed by atoms with E-state index in [0.29, 0.717) is 17.1 Å². The van der Waals surface area contributed by atoms with Crippen molar-refractivity contribution in [2.45, 2.75) is 6.54 Å². The molecule has 0 aliphatic rings. The smallest absolute Gasteiger partial charge is 0.253 e. The fourth-order valence-corrected chi connectivity index (χ4v) is 2.54. The van der Waals surface area contributed by atoms with E-state index in [0.717, 1.165) is 16.7 Å². The second-order valence-corrected chi connectivity index (χ2v) is 5.66. The summed E-state index contributed by atoms with van der Waals surface area (Å²) in [4.78, 5) is 16.4. The molecule has 0 spiro atoms. The van der Waals surface area contributed by atoms with Crippen LogP contribution in [0.25, 0.3) is 11.1 Å². The molecule has 3 nitrogen and oxygen atoms in total. The molecule has 1 amide bonds. The van der Waals surface area contributed by atoms with Crippen molar-refractivity contribution < 1.29 is 9.18 Å². The Kier molecular flexibility index (Phi) is 4.87. The molecular formula is C19H14ClFN2O. The van der Waals surface area contributed by atoms with Crippen molar-refractivity contribution in [2.24, 2.45) is 0 Å². The van der Waals surface area contributed by atoms with Crippen LogP contribution in [0, 0.1) is 5.82 Å². The van der Waals surface area contributed by atoms with Crippen molar-refractivity contribution in [3.63, 3.8) is 0 Å². The first-order valence-electron chi connectivity index (χ1n) is 7.36. The van der Waals surface area contributed by atoms with E-state index in [1.54, 1.807) is 30.5 Å². The van der Waals surface area contributed by atoms with Gasteiger partial charge in [-0.05, 0) is 29.8 Å². The molecule has 24 heavy (non-hydrogen) atoms. The monoisotopic (exact) mass is 340 g/mol. The predicted octanol–water partition coefficient (Wildman–Crippen LogP) is 4.47. The molecule has 3 rings (SSSR count). The van der Waals surface area contributed by atoms with Crippen LogP contribution >= 0.6 is 11.6 Å². The van der Waals surface area contributed by atoms with E-state index < -0.39 is 0 Å². The highest BCUT2D eigenvalue weighted by atomic mass is 35.5. The van der Waals surface area contributed by atoms with Gasteiger partial charge < -0.3 is 5.32 Å². The first kappa shape index (κ1) is 16.1. The molecule has 1 aromatic heterocycles. The first-order valence-corrected chi connectivity index (χ1v) is 7.74. The zero-order valence-corrected chi connectivity index (χ0v) is 13.4. The predicted molar refractivity (Wildman–Crippen MR) is 92.3 cm³/mol. The zero-order valence-electron chi connectivity index (χ0n) is 12.7. The van der Waals surface area contributed by atoms with Crippen LogP contribution in [0.5, 0.6) is 0 Å². The Morgan fingerprint density at radius 3 is 2.58 bits per heavy atom. The van der Waals surface area contributed by atoms with Crippen LogP contribution in [-0.2, 0) is 6.54 Å². The van der Waals surface area contributed by atoms with Crippen molar-refractivity contribution in [3.8, 4) is 11.1 Å². The summed E-state index contributed by atoms with van der Waals surface area (Å²) in [5.41, 5.74) is 2.85. The van der Waals surface area contributed by atoms with Gasteiger partial charge in [-0.25, -0.2) is 4.39 Å². The number of halogens is 2. The Hall–Kier alpha value is -2.72. The topological polar surface area (TPSA) is 42.0 Å². The van der Waals surface area contributed by atoms with Crippen molar-refractivity contribution in [1.29, 1.82) is 0 Å². The van der Waals surface area contributed by atoms with Crippen molar-refractivity contribution in [2.75, 3.05) is 0 Å². The molecule has 0 atom stereocenters. The van der Waals surface area contributed by atoms with Gasteiger partial charge in [0.2, 0.25) is 0 Å². The minimum absolute atomic E-state index is 0.249. The number of carbonyl (C=O) groups is 1. The largest absolute Gasteiger partial charge is 0.348 e. The molecule has 2 aromatic carbocycles. The molecule has 0 fully saturated rings. The van der Waals surface area contributed by atoms with Gasteiger partial charge in [0.15, 0.2) is 0 Å². The second kappa shape index (κ2) is 7.23. The lowest BCUT2D eigenvalue weighted by Crippen LogP contribution is -2.22. The standard InChI is InChI=1S/C19H14ClFN2O/c20-18-4-2-1-3-17(18)14-9-15(12-22-11-14)19(24)23-10-13-5-7-16(21)8-6-13/h1-9,11-12H,10H2,(H,23,24). The summed E-state index contributed by atoms with van der Waals surface area (Å²) < 4.78 is 12.9. The third-order valence-electron chi connectivity index (χ3n) is 3.55. The Bertz CT molecular complexity index is 865. The number of amides is 1. The van der Waals surface area contributed by atoms with E-state index in [1.165, 1.54) is 18.3 Å². The SMILES string of the molecule is O=C(NCc1ccc(F)cc1)c1cncc(-c2ccccc2Cl)c1. The summed E-state index contributed by atoms with van der Waals surface area (Å²) >= 11 is 6.19. The first-order chi connectivity index (χ1) is 11.6. The second-order valence-electron chi connectivity index (χ2n) is 5.25. The van der Waals surface area contributed by atoms with Gasteiger partial charge in [-0.2, -0.15) is 0 Å². The summed E-state index contributed by atoms with van der Waals surface area (Å²) in [5, 5.41) is 3.39. The highest BCUT2D eigenvalue weighted by Crippen LogP contribution is 2.27. The Morgan fingerprint density at radius 1 is 1.08 bits per heavy atom. The third-order valence-corrected chi connectivity index (χ3v) is 3.88. The molecule has 3 aromatic rings. The van der Waals surface area contributed by atoms with Crippen LogP contribution in [0.3, 0.4) is 0 Å². The van der Waals surface area contributed by atoms with Crippen LogP contribution in [0.4, 0.5) is 4.39 Å². The Balaban J connectivity index is 1.75. The number of hydrogen-bond donors (Lipinski definition) is 1. The molecule has 120 valence electrons. The van der Waals surface area contributed by atoms with E-state index in [-0.39, 0.29) is 11.7 Å². The molecule has 0 aliphatic carbocycles. The van der Waals surface area contributed by atoms with Crippen molar-refractivity contribution >= 4 is 17.5 Å². The van der Waals surface area contributed by atoms with Gasteiger partial charge in [-0.1, -0.05) is 41.9 Å². The fourth-order valence-electron chi connectivity index (χ4n) is 2.29. The summed E-state index contributed by atoms with van der Waals surface area (Å²) in [5.74, 6) is -0.553. The molecule has 0 radical (unpaired) electrons. The molecule has 0 saturated heterocycles. The van der Waals surface area contributed by atoms with Gasteiger partial charge in [0, 0.05) is 35.1 Å². The van der Waals surface area contributed by atoms with Gasteiger partial charge in [0.05, 0.1) is 5.56 Å². The fraction of sp³-hybridized carbons (Fsp3) is 0.0526. The number of rotatable bonds is 4. The molecule has 5 heteroatoms. The van der Waals surface area contributed by atoms with Gasteiger partial charge in [0.25, 0.3) is 5.91 Å². The number of benzene rings is 2. The maximum Gasteiger partial charge on any atom is 0.253 e. The van der Waals surface area contributed by atoms with Crippen LogP contribution in [-0.4, -0.2) is 10.9 Å². The normalized spacial score (nSPS) is 10.4. The molecule has 0 saturated carbocycles. The molecule has 1 N–H and O–H groups in total. The third kappa shape index (κ3) is 3.78. The lowest BCUT2D eigenvalue weighted by molar-refractivity contribution is 0.0950. The van der Waals surface area contributed by atoms with Crippen LogP contribution in [0.15, 0.2) is 67.0 Å². The Morgan fingerprint density at radius 2 is 1.83 bits per heavy atom. The summed E-state index contributed by atoms with van der Waals surface area (Å²) in [6, 6.07) is 15.1. The van der Waals surface area contributed by atoms with Gasteiger partial charge >= 0.3 is 0 Å². The highest BCUT2D eigenvalue weighted by Gasteiger charge is 2.09. The molecule has 0 unspecified atom stereocenters. The summed E-state index contributed by atoms with van der Waals surface area (Å²) in [6.45, 7) is 0.315. The molecule has 0 aliphatic heterocycles. The van der Waals surface area contributed by atoms with Crippen LogP contribution < -0.4 is 5.32 Å². The van der Waals surface area contributed by atoms with Crippen molar-refractivity contribution in [3.05, 3.63) is 89.0 Å². The van der Waals surface area contributed by atoms with Gasteiger partial charge in [-0.3, -0.25) is 9.78 Å². The maximum atomic E-state index is 12.9. The molecule has 0 bridgehead atoms. The van der Waals surface area contributed by atoms with Crippen LogP contribution in [0.2, 0.25) is 5.02 Å². The van der Waals surface area contributed by atoms with E-state index in [9.17, 15) is 9.18 Å². The summed E-state index contributed by atoms with van der Waals surface area (Å²) in [6.07, 6.45) is 3.16. The van der Waals surface area contributed by atoms with E-state index in [2.05, 4.69) is 10.3 Å². The molecule has 1 heterocycles. The average molecular weight is 341 g/mol. The highest BCUT2D eigenvalue weighted by molar-refractivity contribution is 6.33. The molecular weight excluding hydrogens is 327 g/mol. The van der Waals surface area contributed by atoms with E-state index in [1.807, 2.05) is 18.2 Å². The number of pyridine rings is 1. The number of nitrogens with zero attached hydrogens (tertiary/aromatic N) is 1. The average Bonchev–Trinajstić information content (AvgIpc) is 2.61. The summed E-state index contributed by atoms with van der Waals surface area (Å²) in [7, 11) is 0. The van der Waals surface area contributed by atoms with E-state index in [4.69, 9.17) is 11.6 Å². The number of aromatic nitrogens is 1. The van der Waals surface area contributed by atoms with Gasteiger partial charge in [-0.15, -0.1) is 0 Å². The Labute approximate surface area is 144 Å².